The van der Waals surface area contributed by atoms with Crippen molar-refractivity contribution in [2.24, 2.45) is 5.73 Å². The van der Waals surface area contributed by atoms with Crippen molar-refractivity contribution in [1.82, 2.24) is 9.78 Å². The summed E-state index contributed by atoms with van der Waals surface area (Å²) in [5.74, 6) is -0.232. The molecule has 1 aromatic carbocycles. The van der Waals surface area contributed by atoms with Crippen molar-refractivity contribution < 1.29 is 0 Å². The molecule has 0 fully saturated rings. The van der Waals surface area contributed by atoms with Gasteiger partial charge in [0.05, 0.1) is 11.3 Å². The van der Waals surface area contributed by atoms with Gasteiger partial charge in [-0.1, -0.05) is 12.1 Å². The predicted octanol–water partition coefficient (Wildman–Crippen LogP) is 1.83. The summed E-state index contributed by atoms with van der Waals surface area (Å²) in [7, 11) is 0. The number of nitrogens with two attached hydrogens (primary N) is 1. The van der Waals surface area contributed by atoms with Crippen LogP contribution in [0.15, 0.2) is 29.1 Å². The van der Waals surface area contributed by atoms with Crippen LogP contribution >= 0.6 is 0 Å². The topological polar surface area (TPSA) is 84.8 Å². The van der Waals surface area contributed by atoms with Crippen molar-refractivity contribution in [2.45, 2.75) is 27.3 Å². The number of nitrogens with one attached hydrogen (secondary N) is 1. The Hall–Kier alpha value is -2.43. The number of nitrogens with zero attached hydrogens (tertiary/aromatic N) is 2. The molecule has 1 aromatic heterocycles. The van der Waals surface area contributed by atoms with Gasteiger partial charge in [-0.25, -0.2) is 4.68 Å². The van der Waals surface area contributed by atoms with Crippen LogP contribution in [0.25, 0.3) is 11.3 Å². The van der Waals surface area contributed by atoms with Gasteiger partial charge >= 0.3 is 0 Å². The Morgan fingerprint density at radius 2 is 2.00 bits per heavy atom. The fourth-order valence-corrected chi connectivity index (χ4v) is 1.99. The van der Waals surface area contributed by atoms with Crippen LogP contribution in [0.4, 0.5) is 0 Å². The maximum absolute atomic E-state index is 12.0. The van der Waals surface area contributed by atoms with Crippen LogP contribution in [-0.4, -0.2) is 15.6 Å². The first-order valence-corrected chi connectivity index (χ1v) is 6.48. The Morgan fingerprint density at radius 1 is 1.30 bits per heavy atom. The third-order valence-electron chi connectivity index (χ3n) is 3.37. The van der Waals surface area contributed by atoms with E-state index in [0.717, 1.165) is 11.1 Å². The summed E-state index contributed by atoms with van der Waals surface area (Å²) in [5.41, 5.74) is 9.27. The van der Waals surface area contributed by atoms with Gasteiger partial charge in [0.25, 0.3) is 5.56 Å². The summed E-state index contributed by atoms with van der Waals surface area (Å²) < 4.78 is 1.33. The molecule has 2 rings (SSSR count). The Bertz CT molecular complexity index is 731. The molecule has 0 saturated carbocycles. The Balaban J connectivity index is 2.68. The van der Waals surface area contributed by atoms with E-state index < -0.39 is 0 Å². The standard InChI is InChI=1S/C15H18N4O/c1-4-19-15(20)12(14(16)17)8-13(18-19)11-6-5-9(2)10(3)7-11/h5-8H,4H2,1-3H3,(H3,16,17). The van der Waals surface area contributed by atoms with E-state index in [9.17, 15) is 4.79 Å². The monoisotopic (exact) mass is 270 g/mol. The smallest absolute Gasteiger partial charge is 0.277 e. The number of amidine groups is 1. The Morgan fingerprint density at radius 3 is 2.55 bits per heavy atom. The highest BCUT2D eigenvalue weighted by Gasteiger charge is 2.11. The van der Waals surface area contributed by atoms with E-state index in [2.05, 4.69) is 5.10 Å². The van der Waals surface area contributed by atoms with Crippen molar-refractivity contribution >= 4 is 5.84 Å². The lowest BCUT2D eigenvalue weighted by Gasteiger charge is -2.09. The summed E-state index contributed by atoms with van der Waals surface area (Å²) in [4.78, 5) is 12.0. The first-order valence-electron chi connectivity index (χ1n) is 6.48. The summed E-state index contributed by atoms with van der Waals surface area (Å²) in [5, 5.41) is 11.8. The van der Waals surface area contributed by atoms with E-state index in [1.165, 1.54) is 10.2 Å². The van der Waals surface area contributed by atoms with Crippen molar-refractivity contribution in [3.63, 3.8) is 0 Å². The second-order valence-electron chi connectivity index (χ2n) is 4.78. The lowest BCUT2D eigenvalue weighted by Crippen LogP contribution is -2.31. The molecule has 0 spiro atoms. The first kappa shape index (κ1) is 14.0. The van der Waals surface area contributed by atoms with Crippen molar-refractivity contribution in [3.05, 3.63) is 51.3 Å². The number of nitrogen functional groups attached to an aromatic ring is 1. The zero-order valence-corrected chi connectivity index (χ0v) is 11.9. The summed E-state index contributed by atoms with van der Waals surface area (Å²) in [6.07, 6.45) is 0. The van der Waals surface area contributed by atoms with E-state index in [1.807, 2.05) is 39.0 Å². The van der Waals surface area contributed by atoms with Crippen LogP contribution in [-0.2, 0) is 6.54 Å². The third kappa shape index (κ3) is 2.47. The largest absolute Gasteiger partial charge is 0.384 e. The highest BCUT2D eigenvalue weighted by molar-refractivity contribution is 5.95. The maximum atomic E-state index is 12.0. The molecule has 0 saturated heterocycles. The van der Waals surface area contributed by atoms with Gasteiger partial charge in [0.2, 0.25) is 0 Å². The molecule has 5 heteroatoms. The molecule has 20 heavy (non-hydrogen) atoms. The minimum Gasteiger partial charge on any atom is -0.384 e. The summed E-state index contributed by atoms with van der Waals surface area (Å²) >= 11 is 0. The first-order chi connectivity index (χ1) is 9.43. The lowest BCUT2D eigenvalue weighted by atomic mass is 10.0. The molecule has 0 amide bonds. The SMILES string of the molecule is CCn1nc(-c2ccc(C)c(C)c2)cc(C(=N)N)c1=O. The zero-order valence-electron chi connectivity index (χ0n) is 11.9. The van der Waals surface area contributed by atoms with Crippen LogP contribution in [0.2, 0.25) is 0 Å². The number of hydrogen-bond acceptors (Lipinski definition) is 3. The van der Waals surface area contributed by atoms with E-state index in [0.29, 0.717) is 12.2 Å². The molecule has 104 valence electrons. The molecule has 2 aromatic rings. The average molecular weight is 270 g/mol. The Kier molecular flexibility index (Phi) is 3.70. The lowest BCUT2D eigenvalue weighted by molar-refractivity contribution is 0.617. The highest BCUT2D eigenvalue weighted by atomic mass is 16.1. The van der Waals surface area contributed by atoms with E-state index in [-0.39, 0.29) is 17.0 Å². The molecular formula is C15H18N4O. The molecule has 0 atom stereocenters. The average Bonchev–Trinajstić information content (AvgIpc) is 2.42. The molecule has 5 nitrogen and oxygen atoms in total. The fourth-order valence-electron chi connectivity index (χ4n) is 1.99. The van der Waals surface area contributed by atoms with Gasteiger partial charge in [0.1, 0.15) is 5.84 Å². The molecule has 0 aliphatic heterocycles. The molecule has 0 aliphatic carbocycles. The van der Waals surface area contributed by atoms with Gasteiger partial charge in [0, 0.05) is 12.1 Å². The zero-order chi connectivity index (χ0) is 14.9. The third-order valence-corrected chi connectivity index (χ3v) is 3.37. The number of aromatic nitrogens is 2. The van der Waals surface area contributed by atoms with E-state index in [4.69, 9.17) is 11.1 Å². The molecule has 1 heterocycles. The quantitative estimate of drug-likeness (QED) is 0.659. The van der Waals surface area contributed by atoms with Crippen LogP contribution < -0.4 is 11.3 Å². The second kappa shape index (κ2) is 5.28. The molecule has 0 radical (unpaired) electrons. The Labute approximate surface area is 117 Å². The fraction of sp³-hybridized carbons (Fsp3) is 0.267. The van der Waals surface area contributed by atoms with Gasteiger partial charge in [-0.3, -0.25) is 10.2 Å². The van der Waals surface area contributed by atoms with Crippen molar-refractivity contribution in [3.8, 4) is 11.3 Å². The van der Waals surface area contributed by atoms with E-state index >= 15 is 0 Å². The number of rotatable bonds is 3. The van der Waals surface area contributed by atoms with Crippen molar-refractivity contribution in [2.75, 3.05) is 0 Å². The van der Waals surface area contributed by atoms with E-state index in [1.54, 1.807) is 6.07 Å². The molecule has 0 aliphatic rings. The van der Waals surface area contributed by atoms with Crippen LogP contribution in [0.5, 0.6) is 0 Å². The number of hydrogen-bond donors (Lipinski definition) is 2. The van der Waals surface area contributed by atoms with Crippen molar-refractivity contribution in [1.29, 1.82) is 5.41 Å². The summed E-state index contributed by atoms with van der Waals surface area (Å²) in [6.45, 7) is 6.35. The normalized spacial score (nSPS) is 10.6. The van der Waals surface area contributed by atoms with Crippen LogP contribution in [0, 0.1) is 19.3 Å². The minimum absolute atomic E-state index is 0.190. The number of aryl methyl sites for hydroxylation is 3. The molecular weight excluding hydrogens is 252 g/mol. The van der Waals surface area contributed by atoms with Gasteiger partial charge in [-0.2, -0.15) is 5.10 Å². The van der Waals surface area contributed by atoms with Crippen LogP contribution in [0.1, 0.15) is 23.6 Å². The second-order valence-corrected chi connectivity index (χ2v) is 4.78. The molecule has 0 unspecified atom stereocenters. The predicted molar refractivity (Wildman–Crippen MR) is 80.1 cm³/mol. The minimum atomic E-state index is -0.326. The van der Waals surface area contributed by atoms with Gasteiger partial charge in [-0.05, 0) is 44.0 Å². The van der Waals surface area contributed by atoms with Gasteiger partial charge < -0.3 is 5.73 Å². The van der Waals surface area contributed by atoms with Gasteiger partial charge in [-0.15, -0.1) is 0 Å². The maximum Gasteiger partial charge on any atom is 0.277 e. The number of benzene rings is 1. The molecule has 3 N–H and O–H groups in total. The highest BCUT2D eigenvalue weighted by Crippen LogP contribution is 2.20. The summed E-state index contributed by atoms with van der Waals surface area (Å²) in [6, 6.07) is 7.58. The van der Waals surface area contributed by atoms with Gasteiger partial charge in [0.15, 0.2) is 0 Å². The molecule has 0 bridgehead atoms. The van der Waals surface area contributed by atoms with Crippen LogP contribution in [0.3, 0.4) is 0 Å².